The van der Waals surface area contributed by atoms with Gasteiger partial charge in [-0.1, -0.05) is 11.2 Å². The smallest absolute Gasteiger partial charge is 0.346 e. The van der Waals surface area contributed by atoms with Gasteiger partial charge < -0.3 is 9.84 Å². The van der Waals surface area contributed by atoms with Gasteiger partial charge in [-0.05, 0) is 38.1 Å². The van der Waals surface area contributed by atoms with E-state index in [0.29, 0.717) is 44.7 Å². The van der Waals surface area contributed by atoms with E-state index in [1.54, 1.807) is 15.9 Å². The van der Waals surface area contributed by atoms with Crippen LogP contribution in [-0.4, -0.2) is 25.4 Å². The van der Waals surface area contributed by atoms with Crippen LogP contribution in [-0.2, 0) is 30.8 Å². The maximum Gasteiger partial charge on any atom is 0.346 e. The van der Waals surface area contributed by atoms with Gasteiger partial charge in [-0.25, -0.2) is 9.48 Å². The van der Waals surface area contributed by atoms with Crippen LogP contribution in [0.25, 0.3) is 0 Å². The van der Waals surface area contributed by atoms with Crippen LogP contribution >= 0.6 is 11.3 Å². The summed E-state index contributed by atoms with van der Waals surface area (Å²) in [5.74, 6) is 1.40. The topological polar surface area (TPSA) is 94.9 Å². The van der Waals surface area contributed by atoms with Crippen LogP contribution in [0, 0.1) is 19.8 Å². The molecule has 0 bridgehead atoms. The van der Waals surface area contributed by atoms with Gasteiger partial charge in [0, 0.05) is 29.3 Å². The molecule has 1 unspecified atom stereocenters. The van der Waals surface area contributed by atoms with E-state index >= 15 is 0 Å². The van der Waals surface area contributed by atoms with E-state index in [1.165, 1.54) is 4.68 Å². The lowest BCUT2D eigenvalue weighted by Gasteiger charge is -2.13. The van der Waals surface area contributed by atoms with E-state index < -0.39 is 0 Å². The second kappa shape index (κ2) is 7.75. The molecule has 1 N–H and O–H groups in total. The molecule has 0 radical (unpaired) electrons. The molecular formula is C19H23N5O3S. The van der Waals surface area contributed by atoms with Crippen molar-refractivity contribution in [3.05, 3.63) is 55.7 Å². The summed E-state index contributed by atoms with van der Waals surface area (Å²) < 4.78 is 8.35. The predicted molar refractivity (Wildman–Crippen MR) is 104 cm³/mol. The zero-order valence-electron chi connectivity index (χ0n) is 16.0. The Labute approximate surface area is 166 Å². The van der Waals surface area contributed by atoms with Gasteiger partial charge in [-0.2, -0.15) is 5.10 Å². The monoisotopic (exact) mass is 401 g/mol. The molecule has 0 saturated carbocycles. The average molecular weight is 401 g/mol. The maximum absolute atomic E-state index is 12.8. The van der Waals surface area contributed by atoms with Crippen LogP contribution in [0.2, 0.25) is 0 Å². The molecule has 1 aliphatic heterocycles. The Morgan fingerprint density at radius 1 is 1.39 bits per heavy atom. The number of amides is 1. The Hall–Kier alpha value is -2.68. The lowest BCUT2D eigenvalue weighted by atomic mass is 9.99. The highest BCUT2D eigenvalue weighted by Gasteiger charge is 2.25. The molecule has 1 amide bonds. The minimum atomic E-state index is -0.144. The van der Waals surface area contributed by atoms with Gasteiger partial charge in [-0.15, -0.1) is 11.3 Å². The number of rotatable bonds is 5. The van der Waals surface area contributed by atoms with Gasteiger partial charge in [0.2, 0.25) is 5.91 Å². The summed E-state index contributed by atoms with van der Waals surface area (Å²) in [7, 11) is 0. The molecule has 28 heavy (non-hydrogen) atoms. The largest absolute Gasteiger partial charge is 0.361 e. The molecule has 8 nitrogen and oxygen atoms in total. The van der Waals surface area contributed by atoms with Gasteiger partial charge in [0.15, 0.2) is 0 Å². The van der Waals surface area contributed by atoms with Crippen LogP contribution in [0.15, 0.2) is 26.8 Å². The van der Waals surface area contributed by atoms with E-state index in [2.05, 4.69) is 15.6 Å². The number of thiophene rings is 1. The fraction of sp³-hybridized carbons (Fsp3) is 0.474. The highest BCUT2D eigenvalue weighted by atomic mass is 32.1. The first-order chi connectivity index (χ1) is 13.5. The molecule has 0 fully saturated rings. The van der Waals surface area contributed by atoms with Crippen molar-refractivity contribution in [3.8, 4) is 0 Å². The fourth-order valence-electron chi connectivity index (χ4n) is 3.60. The zero-order chi connectivity index (χ0) is 19.7. The Kier molecular flexibility index (Phi) is 5.17. The summed E-state index contributed by atoms with van der Waals surface area (Å²) in [4.78, 5) is 26.4. The van der Waals surface area contributed by atoms with E-state index in [0.717, 1.165) is 22.0 Å². The molecule has 3 aromatic heterocycles. The third-order valence-corrected chi connectivity index (χ3v) is 6.17. The van der Waals surface area contributed by atoms with Crippen molar-refractivity contribution in [2.75, 3.05) is 0 Å². The first-order valence-corrected chi connectivity index (χ1v) is 10.3. The van der Waals surface area contributed by atoms with E-state index in [4.69, 9.17) is 4.52 Å². The van der Waals surface area contributed by atoms with Gasteiger partial charge in [0.25, 0.3) is 0 Å². The SMILES string of the molecule is Cc1noc(C)c1Cn1nc2n(c1=O)CCC(C(=O)NCc1cccs1)CC2. The highest BCUT2D eigenvalue weighted by molar-refractivity contribution is 7.09. The Morgan fingerprint density at radius 2 is 2.25 bits per heavy atom. The summed E-state index contributed by atoms with van der Waals surface area (Å²) in [5.41, 5.74) is 1.52. The fourth-order valence-corrected chi connectivity index (χ4v) is 4.25. The van der Waals surface area contributed by atoms with E-state index in [1.807, 2.05) is 31.4 Å². The van der Waals surface area contributed by atoms with Gasteiger partial charge in [0.1, 0.15) is 11.6 Å². The third-order valence-electron chi connectivity index (χ3n) is 5.29. The molecule has 1 atom stereocenters. The summed E-state index contributed by atoms with van der Waals surface area (Å²) in [6, 6.07) is 3.99. The number of fused-ring (bicyclic) bond motifs is 1. The summed E-state index contributed by atoms with van der Waals surface area (Å²) in [6.07, 6.45) is 1.94. The third kappa shape index (κ3) is 3.66. The van der Waals surface area contributed by atoms with Crippen LogP contribution in [0.1, 0.15) is 40.6 Å². The molecule has 9 heteroatoms. The van der Waals surface area contributed by atoms with Crippen LogP contribution in [0.4, 0.5) is 0 Å². The number of carbonyl (C=O) groups excluding carboxylic acids is 1. The number of aromatic nitrogens is 4. The minimum Gasteiger partial charge on any atom is -0.361 e. The molecule has 148 valence electrons. The Morgan fingerprint density at radius 3 is 2.96 bits per heavy atom. The molecule has 0 saturated heterocycles. The standard InChI is InChI=1S/C19H23N5O3S/c1-12-16(13(2)27-22-12)11-24-19(26)23-8-7-14(5-6-17(23)21-24)18(25)20-10-15-4-3-9-28-15/h3-4,9,14H,5-8,10-11H2,1-2H3,(H,20,25). The quantitative estimate of drug-likeness (QED) is 0.706. The van der Waals surface area contributed by atoms with Crippen molar-refractivity contribution in [2.24, 2.45) is 5.92 Å². The molecular weight excluding hydrogens is 378 g/mol. The minimum absolute atomic E-state index is 0.0511. The van der Waals surface area contributed by atoms with Crippen molar-refractivity contribution >= 4 is 17.2 Å². The first kappa shape index (κ1) is 18.7. The molecule has 0 aliphatic carbocycles. The number of nitrogens with one attached hydrogen (secondary N) is 1. The molecule has 1 aliphatic rings. The Bertz CT molecular complexity index is 1010. The van der Waals surface area contributed by atoms with Crippen molar-refractivity contribution in [1.82, 2.24) is 24.8 Å². The maximum atomic E-state index is 12.8. The van der Waals surface area contributed by atoms with Crippen LogP contribution in [0.5, 0.6) is 0 Å². The summed E-state index contributed by atoms with van der Waals surface area (Å²) >= 11 is 1.63. The van der Waals surface area contributed by atoms with Crippen LogP contribution in [0.3, 0.4) is 0 Å². The summed E-state index contributed by atoms with van der Waals surface area (Å²) in [6.45, 7) is 5.11. The number of hydrogen-bond acceptors (Lipinski definition) is 6. The second-order valence-corrected chi connectivity index (χ2v) is 8.16. The van der Waals surface area contributed by atoms with Crippen molar-refractivity contribution in [1.29, 1.82) is 0 Å². The second-order valence-electron chi connectivity index (χ2n) is 7.13. The number of carbonyl (C=O) groups is 1. The zero-order valence-corrected chi connectivity index (χ0v) is 16.8. The molecule has 4 heterocycles. The molecule has 3 aromatic rings. The normalized spacial score (nSPS) is 16.6. The summed E-state index contributed by atoms with van der Waals surface area (Å²) in [5, 5.41) is 13.5. The number of nitrogens with zero attached hydrogens (tertiary/aromatic N) is 4. The van der Waals surface area contributed by atoms with Crippen molar-refractivity contribution in [2.45, 2.75) is 52.7 Å². The van der Waals surface area contributed by atoms with E-state index in [-0.39, 0.29) is 17.5 Å². The Balaban J connectivity index is 1.42. The van der Waals surface area contributed by atoms with Crippen molar-refractivity contribution in [3.63, 3.8) is 0 Å². The predicted octanol–water partition coefficient (Wildman–Crippen LogP) is 2.03. The number of aryl methyl sites for hydroxylation is 3. The van der Waals surface area contributed by atoms with Gasteiger partial charge in [-0.3, -0.25) is 9.36 Å². The van der Waals surface area contributed by atoms with Crippen LogP contribution < -0.4 is 11.0 Å². The van der Waals surface area contributed by atoms with Crippen molar-refractivity contribution < 1.29 is 9.32 Å². The van der Waals surface area contributed by atoms with Gasteiger partial charge in [0.05, 0.1) is 18.8 Å². The molecule has 4 rings (SSSR count). The lowest BCUT2D eigenvalue weighted by molar-refractivity contribution is -0.125. The molecule has 0 aromatic carbocycles. The first-order valence-electron chi connectivity index (χ1n) is 9.41. The van der Waals surface area contributed by atoms with Gasteiger partial charge >= 0.3 is 5.69 Å². The van der Waals surface area contributed by atoms with E-state index in [9.17, 15) is 9.59 Å². The number of hydrogen-bond donors (Lipinski definition) is 1. The lowest BCUT2D eigenvalue weighted by Crippen LogP contribution is -2.31. The average Bonchev–Trinajstić information content (AvgIpc) is 3.34. The highest BCUT2D eigenvalue weighted by Crippen LogP contribution is 2.19. The molecule has 0 spiro atoms.